The number of methoxy groups -OCH3 is 1. The summed E-state index contributed by atoms with van der Waals surface area (Å²) in [6.07, 6.45) is 0. The first-order valence-electron chi connectivity index (χ1n) is 7.68. The smallest absolute Gasteiger partial charge is 0.128 e. The van der Waals surface area contributed by atoms with E-state index in [-0.39, 0.29) is 0 Å². The second-order valence-corrected chi connectivity index (χ2v) is 5.41. The molecule has 4 heteroatoms. The van der Waals surface area contributed by atoms with Gasteiger partial charge in [-0.2, -0.15) is 0 Å². The molecule has 1 aliphatic rings. The molecule has 0 aromatic heterocycles. The maximum absolute atomic E-state index is 5.92. The summed E-state index contributed by atoms with van der Waals surface area (Å²) >= 11 is 0. The molecule has 1 saturated heterocycles. The maximum Gasteiger partial charge on any atom is 0.128 e. The molecule has 116 valence electrons. The third-order valence-corrected chi connectivity index (χ3v) is 3.83. The summed E-state index contributed by atoms with van der Waals surface area (Å²) in [4.78, 5) is 2.43. The number of ether oxygens (including phenoxy) is 2. The van der Waals surface area contributed by atoms with Gasteiger partial charge >= 0.3 is 0 Å². The Morgan fingerprint density at radius 2 is 1.77 bits per heavy atom. The fourth-order valence-electron chi connectivity index (χ4n) is 2.68. The molecule has 0 spiro atoms. The van der Waals surface area contributed by atoms with Gasteiger partial charge in [-0.25, -0.2) is 0 Å². The van der Waals surface area contributed by atoms with Gasteiger partial charge in [-0.05, 0) is 30.3 Å². The van der Waals surface area contributed by atoms with Crippen molar-refractivity contribution >= 4 is 0 Å². The Morgan fingerprint density at radius 1 is 1.00 bits per heavy atom. The van der Waals surface area contributed by atoms with Gasteiger partial charge < -0.3 is 14.8 Å². The minimum absolute atomic E-state index is 0.845. The van der Waals surface area contributed by atoms with E-state index < -0.39 is 0 Å². The van der Waals surface area contributed by atoms with Gasteiger partial charge in [-0.1, -0.05) is 18.2 Å². The average Bonchev–Trinajstić information content (AvgIpc) is 2.57. The van der Waals surface area contributed by atoms with Crippen molar-refractivity contribution in [1.29, 1.82) is 0 Å². The van der Waals surface area contributed by atoms with E-state index in [9.17, 15) is 0 Å². The maximum atomic E-state index is 5.92. The van der Waals surface area contributed by atoms with Gasteiger partial charge in [0.05, 0.1) is 7.11 Å². The van der Waals surface area contributed by atoms with Crippen LogP contribution < -0.4 is 14.8 Å². The molecule has 2 aromatic carbocycles. The number of hydrogen-bond acceptors (Lipinski definition) is 4. The van der Waals surface area contributed by atoms with Crippen molar-refractivity contribution in [3.63, 3.8) is 0 Å². The molecule has 1 fully saturated rings. The van der Waals surface area contributed by atoms with Crippen LogP contribution in [-0.2, 0) is 6.54 Å². The summed E-state index contributed by atoms with van der Waals surface area (Å²) in [5.41, 5.74) is 1.16. The molecular weight excluding hydrogens is 276 g/mol. The van der Waals surface area contributed by atoms with Crippen LogP contribution in [0.3, 0.4) is 0 Å². The predicted octanol–water partition coefficient (Wildman–Crippen LogP) is 2.89. The van der Waals surface area contributed by atoms with Crippen molar-refractivity contribution in [3.05, 3.63) is 54.1 Å². The zero-order chi connectivity index (χ0) is 15.2. The van der Waals surface area contributed by atoms with Gasteiger partial charge in [0.2, 0.25) is 0 Å². The molecule has 1 heterocycles. The monoisotopic (exact) mass is 298 g/mol. The summed E-state index contributed by atoms with van der Waals surface area (Å²) in [6.45, 7) is 5.10. The van der Waals surface area contributed by atoms with Crippen LogP contribution in [0.1, 0.15) is 5.56 Å². The van der Waals surface area contributed by atoms with Crippen LogP contribution >= 0.6 is 0 Å². The van der Waals surface area contributed by atoms with E-state index in [0.717, 1.165) is 55.5 Å². The van der Waals surface area contributed by atoms with Crippen molar-refractivity contribution in [2.75, 3.05) is 33.3 Å². The highest BCUT2D eigenvalue weighted by Gasteiger charge is 2.13. The molecule has 1 aliphatic heterocycles. The van der Waals surface area contributed by atoms with E-state index in [1.807, 2.05) is 42.5 Å². The largest absolute Gasteiger partial charge is 0.496 e. The molecule has 1 N–H and O–H groups in total. The highest BCUT2D eigenvalue weighted by atomic mass is 16.5. The van der Waals surface area contributed by atoms with E-state index >= 15 is 0 Å². The minimum Gasteiger partial charge on any atom is -0.496 e. The lowest BCUT2D eigenvalue weighted by Gasteiger charge is -2.27. The molecule has 0 radical (unpaired) electrons. The van der Waals surface area contributed by atoms with E-state index in [0.29, 0.717) is 0 Å². The summed E-state index contributed by atoms with van der Waals surface area (Å²) in [7, 11) is 1.72. The van der Waals surface area contributed by atoms with E-state index in [1.54, 1.807) is 7.11 Å². The van der Waals surface area contributed by atoms with Crippen LogP contribution in [0.4, 0.5) is 0 Å². The third kappa shape index (κ3) is 3.78. The molecule has 0 atom stereocenters. The van der Waals surface area contributed by atoms with E-state index in [2.05, 4.69) is 16.3 Å². The summed E-state index contributed by atoms with van der Waals surface area (Å²) in [5.74, 6) is 2.61. The molecule has 3 rings (SSSR count). The Balaban J connectivity index is 1.76. The number of para-hydroxylation sites is 1. The Hall–Kier alpha value is -2.04. The Labute approximate surface area is 131 Å². The van der Waals surface area contributed by atoms with Crippen LogP contribution in [0.2, 0.25) is 0 Å². The molecular formula is C18H22N2O2. The second kappa shape index (κ2) is 7.29. The van der Waals surface area contributed by atoms with Gasteiger partial charge in [0.25, 0.3) is 0 Å². The fraction of sp³-hybridized carbons (Fsp3) is 0.333. The van der Waals surface area contributed by atoms with Crippen LogP contribution in [0.25, 0.3) is 0 Å². The average molecular weight is 298 g/mol. The van der Waals surface area contributed by atoms with Gasteiger partial charge in [0.15, 0.2) is 0 Å². The van der Waals surface area contributed by atoms with Crippen LogP contribution in [0, 0.1) is 0 Å². The van der Waals surface area contributed by atoms with Crippen LogP contribution in [-0.4, -0.2) is 38.2 Å². The molecule has 0 unspecified atom stereocenters. The van der Waals surface area contributed by atoms with Gasteiger partial charge in [-0.15, -0.1) is 0 Å². The lowest BCUT2D eigenvalue weighted by atomic mass is 10.1. The standard InChI is InChI=1S/C18H22N2O2/c1-21-18-8-7-17(22-16-5-3-2-4-6-16)13-15(18)14-20-11-9-19-10-12-20/h2-8,13,19H,9-12,14H2,1H3. The third-order valence-electron chi connectivity index (χ3n) is 3.83. The van der Waals surface area contributed by atoms with Crippen molar-refractivity contribution < 1.29 is 9.47 Å². The molecule has 4 nitrogen and oxygen atoms in total. The zero-order valence-corrected chi connectivity index (χ0v) is 12.9. The first-order chi connectivity index (χ1) is 10.8. The van der Waals surface area contributed by atoms with Crippen molar-refractivity contribution in [2.24, 2.45) is 0 Å². The molecule has 0 bridgehead atoms. The Kier molecular flexibility index (Phi) is 4.93. The van der Waals surface area contributed by atoms with Crippen LogP contribution in [0.5, 0.6) is 17.2 Å². The fourth-order valence-corrected chi connectivity index (χ4v) is 2.68. The predicted molar refractivity (Wildman–Crippen MR) is 87.7 cm³/mol. The molecule has 2 aromatic rings. The molecule has 0 amide bonds. The van der Waals surface area contributed by atoms with Crippen molar-refractivity contribution in [1.82, 2.24) is 10.2 Å². The summed E-state index contributed by atoms with van der Waals surface area (Å²) in [5, 5.41) is 3.38. The Bertz CT molecular complexity index is 595. The quantitative estimate of drug-likeness (QED) is 0.920. The van der Waals surface area contributed by atoms with Crippen molar-refractivity contribution in [2.45, 2.75) is 6.54 Å². The van der Waals surface area contributed by atoms with Gasteiger partial charge in [-0.3, -0.25) is 4.90 Å². The number of nitrogens with one attached hydrogen (secondary N) is 1. The molecule has 0 saturated carbocycles. The lowest BCUT2D eigenvalue weighted by molar-refractivity contribution is 0.230. The van der Waals surface area contributed by atoms with E-state index in [4.69, 9.17) is 9.47 Å². The highest BCUT2D eigenvalue weighted by Crippen LogP contribution is 2.28. The SMILES string of the molecule is COc1ccc(Oc2ccccc2)cc1CN1CCNCC1. The number of nitrogens with zero attached hydrogens (tertiary/aromatic N) is 1. The number of rotatable bonds is 5. The first kappa shape index (κ1) is 14.9. The minimum atomic E-state index is 0.845. The van der Waals surface area contributed by atoms with E-state index in [1.165, 1.54) is 0 Å². The Morgan fingerprint density at radius 3 is 2.50 bits per heavy atom. The number of piperazine rings is 1. The van der Waals surface area contributed by atoms with Crippen molar-refractivity contribution in [3.8, 4) is 17.2 Å². The molecule has 22 heavy (non-hydrogen) atoms. The summed E-state index contributed by atoms with van der Waals surface area (Å²) < 4.78 is 11.4. The van der Waals surface area contributed by atoms with Gasteiger partial charge in [0.1, 0.15) is 17.2 Å². The first-order valence-corrected chi connectivity index (χ1v) is 7.68. The lowest BCUT2D eigenvalue weighted by Crippen LogP contribution is -2.42. The molecule has 0 aliphatic carbocycles. The highest BCUT2D eigenvalue weighted by molar-refractivity contribution is 5.42. The topological polar surface area (TPSA) is 33.7 Å². The van der Waals surface area contributed by atoms with Gasteiger partial charge in [0, 0.05) is 38.3 Å². The number of benzene rings is 2. The number of hydrogen-bond donors (Lipinski definition) is 1. The zero-order valence-electron chi connectivity index (χ0n) is 12.9. The van der Waals surface area contributed by atoms with Crippen LogP contribution in [0.15, 0.2) is 48.5 Å². The summed E-state index contributed by atoms with van der Waals surface area (Å²) in [6, 6.07) is 15.9. The normalized spacial score (nSPS) is 15.5. The second-order valence-electron chi connectivity index (χ2n) is 5.41.